The van der Waals surface area contributed by atoms with Crippen LogP contribution in [0.5, 0.6) is 0 Å². The first-order valence-electron chi connectivity index (χ1n) is 10.9. The van der Waals surface area contributed by atoms with Crippen molar-refractivity contribution in [2.75, 3.05) is 13.2 Å². The van der Waals surface area contributed by atoms with Gasteiger partial charge in [0, 0.05) is 48.2 Å². The SMILES string of the molecule is Cc1ccc(-c2nc(-c3cc(C(=O)NCC4CCCO4)c(C)n3CC(C)C)cs2)cn1. The van der Waals surface area contributed by atoms with Crippen molar-refractivity contribution in [1.82, 2.24) is 19.9 Å². The summed E-state index contributed by atoms with van der Waals surface area (Å²) in [4.78, 5) is 22.2. The fraction of sp³-hybridized carbons (Fsp3) is 0.458. The van der Waals surface area contributed by atoms with Crippen LogP contribution in [0.3, 0.4) is 0 Å². The van der Waals surface area contributed by atoms with Crippen LogP contribution < -0.4 is 5.32 Å². The Bertz CT molecular complexity index is 1050. The smallest absolute Gasteiger partial charge is 0.253 e. The summed E-state index contributed by atoms with van der Waals surface area (Å²) >= 11 is 1.60. The Balaban J connectivity index is 1.62. The highest BCUT2D eigenvalue weighted by Gasteiger charge is 2.22. The van der Waals surface area contributed by atoms with Crippen LogP contribution in [0.1, 0.15) is 48.4 Å². The Morgan fingerprint density at radius 3 is 2.87 bits per heavy atom. The van der Waals surface area contributed by atoms with E-state index in [1.807, 2.05) is 38.2 Å². The predicted molar refractivity (Wildman–Crippen MR) is 124 cm³/mol. The van der Waals surface area contributed by atoms with E-state index in [0.29, 0.717) is 18.0 Å². The maximum absolute atomic E-state index is 13.0. The lowest BCUT2D eigenvalue weighted by molar-refractivity contribution is 0.0857. The van der Waals surface area contributed by atoms with Gasteiger partial charge in [0.15, 0.2) is 0 Å². The van der Waals surface area contributed by atoms with Crippen molar-refractivity contribution in [2.24, 2.45) is 5.92 Å². The molecule has 0 bridgehead atoms. The fourth-order valence-corrected chi connectivity index (χ4v) is 4.72. The van der Waals surface area contributed by atoms with E-state index in [1.54, 1.807) is 11.3 Å². The van der Waals surface area contributed by atoms with Gasteiger partial charge in [0.05, 0.1) is 23.1 Å². The van der Waals surface area contributed by atoms with E-state index < -0.39 is 0 Å². The number of amides is 1. The van der Waals surface area contributed by atoms with E-state index in [1.165, 1.54) is 0 Å². The topological polar surface area (TPSA) is 69.0 Å². The molecule has 0 spiro atoms. The van der Waals surface area contributed by atoms with Crippen LogP contribution in [-0.2, 0) is 11.3 Å². The third-order valence-electron chi connectivity index (χ3n) is 5.60. The van der Waals surface area contributed by atoms with Crippen LogP contribution in [0.15, 0.2) is 29.8 Å². The summed E-state index contributed by atoms with van der Waals surface area (Å²) in [5.74, 6) is 0.405. The molecule has 1 aliphatic heterocycles. The number of carbonyl (C=O) groups excluding carboxylic acids is 1. The van der Waals surface area contributed by atoms with Crippen molar-refractivity contribution in [1.29, 1.82) is 0 Å². The highest BCUT2D eigenvalue weighted by molar-refractivity contribution is 7.13. The lowest BCUT2D eigenvalue weighted by Crippen LogP contribution is -2.32. The number of aromatic nitrogens is 3. The molecule has 1 N–H and O–H groups in total. The third kappa shape index (κ3) is 4.88. The molecule has 3 aromatic rings. The first-order valence-corrected chi connectivity index (χ1v) is 11.8. The third-order valence-corrected chi connectivity index (χ3v) is 6.49. The second kappa shape index (κ2) is 9.32. The maximum atomic E-state index is 13.0. The molecule has 1 amide bonds. The van der Waals surface area contributed by atoms with Crippen molar-refractivity contribution in [3.05, 3.63) is 46.7 Å². The number of pyridine rings is 1. The van der Waals surface area contributed by atoms with Gasteiger partial charge < -0.3 is 14.6 Å². The molecule has 0 saturated carbocycles. The van der Waals surface area contributed by atoms with E-state index in [2.05, 4.69) is 34.1 Å². The molecule has 1 atom stereocenters. The van der Waals surface area contributed by atoms with Crippen LogP contribution >= 0.6 is 11.3 Å². The van der Waals surface area contributed by atoms with Gasteiger partial charge >= 0.3 is 0 Å². The molecular weight excluding hydrogens is 408 g/mol. The van der Waals surface area contributed by atoms with E-state index in [9.17, 15) is 4.79 Å². The number of carbonyl (C=O) groups is 1. The zero-order chi connectivity index (χ0) is 22.0. The number of nitrogens with zero attached hydrogens (tertiary/aromatic N) is 3. The zero-order valence-corrected chi connectivity index (χ0v) is 19.5. The van der Waals surface area contributed by atoms with Gasteiger partial charge in [-0.05, 0) is 50.8 Å². The Morgan fingerprint density at radius 1 is 1.35 bits per heavy atom. The van der Waals surface area contributed by atoms with Crippen LogP contribution in [0.25, 0.3) is 22.0 Å². The molecule has 3 aromatic heterocycles. The van der Waals surface area contributed by atoms with Gasteiger partial charge in [-0.25, -0.2) is 4.98 Å². The van der Waals surface area contributed by atoms with Gasteiger partial charge in [0.25, 0.3) is 5.91 Å². The molecule has 1 aliphatic rings. The minimum absolute atomic E-state index is 0.0463. The van der Waals surface area contributed by atoms with Gasteiger partial charge in [0.2, 0.25) is 0 Å². The molecule has 1 fully saturated rings. The van der Waals surface area contributed by atoms with Crippen molar-refractivity contribution >= 4 is 17.2 Å². The molecule has 31 heavy (non-hydrogen) atoms. The van der Waals surface area contributed by atoms with E-state index in [-0.39, 0.29) is 12.0 Å². The number of aryl methyl sites for hydroxylation is 1. The normalized spacial score (nSPS) is 16.2. The van der Waals surface area contributed by atoms with Crippen LogP contribution in [-0.4, -0.2) is 39.7 Å². The standard InChI is InChI=1S/C24H30N4O2S/c1-15(2)13-28-17(4)20(23(29)26-12-19-6-5-9-30-19)10-22(28)21-14-31-24(27-21)18-8-7-16(3)25-11-18/h7-8,10-11,14-15,19H,5-6,9,12-13H2,1-4H3,(H,26,29). The minimum atomic E-state index is -0.0463. The number of hydrogen-bond donors (Lipinski definition) is 1. The molecule has 4 rings (SSSR count). The summed E-state index contributed by atoms with van der Waals surface area (Å²) in [6, 6.07) is 6.03. The number of rotatable bonds is 7. The number of ether oxygens (including phenoxy) is 1. The Kier molecular flexibility index (Phi) is 6.53. The van der Waals surface area contributed by atoms with Crippen molar-refractivity contribution < 1.29 is 9.53 Å². The van der Waals surface area contributed by atoms with E-state index in [0.717, 1.165) is 59.3 Å². The number of hydrogen-bond acceptors (Lipinski definition) is 5. The highest BCUT2D eigenvalue weighted by Crippen LogP contribution is 2.32. The van der Waals surface area contributed by atoms with Gasteiger partial charge in [-0.15, -0.1) is 11.3 Å². The summed E-state index contributed by atoms with van der Waals surface area (Å²) in [6.07, 6.45) is 4.07. The average molecular weight is 439 g/mol. The lowest BCUT2D eigenvalue weighted by atomic mass is 10.2. The number of thiazole rings is 1. The Hall–Kier alpha value is -2.51. The van der Waals surface area contributed by atoms with Crippen molar-refractivity contribution in [2.45, 2.75) is 53.2 Å². The summed E-state index contributed by atoms with van der Waals surface area (Å²) < 4.78 is 7.86. The van der Waals surface area contributed by atoms with Crippen molar-refractivity contribution in [3.8, 4) is 22.0 Å². The Labute approximate surface area is 187 Å². The zero-order valence-electron chi connectivity index (χ0n) is 18.6. The lowest BCUT2D eigenvalue weighted by Gasteiger charge is -2.14. The summed E-state index contributed by atoms with van der Waals surface area (Å²) in [5.41, 5.74) is 5.55. The maximum Gasteiger partial charge on any atom is 0.253 e. The fourth-order valence-electron chi connectivity index (χ4n) is 3.91. The molecule has 0 radical (unpaired) electrons. The van der Waals surface area contributed by atoms with Crippen LogP contribution in [0, 0.1) is 19.8 Å². The molecule has 4 heterocycles. The van der Waals surface area contributed by atoms with Crippen LogP contribution in [0.4, 0.5) is 0 Å². The molecule has 7 heteroatoms. The minimum Gasteiger partial charge on any atom is -0.376 e. The molecule has 0 aromatic carbocycles. The second-order valence-corrected chi connectivity index (χ2v) is 9.46. The summed E-state index contributed by atoms with van der Waals surface area (Å²) in [6.45, 7) is 10.5. The molecule has 1 saturated heterocycles. The second-order valence-electron chi connectivity index (χ2n) is 8.60. The van der Waals surface area contributed by atoms with Crippen LogP contribution in [0.2, 0.25) is 0 Å². The quantitative estimate of drug-likeness (QED) is 0.572. The van der Waals surface area contributed by atoms with Gasteiger partial charge in [-0.2, -0.15) is 0 Å². The molecule has 164 valence electrons. The van der Waals surface area contributed by atoms with Crippen molar-refractivity contribution in [3.63, 3.8) is 0 Å². The molecule has 6 nitrogen and oxygen atoms in total. The van der Waals surface area contributed by atoms with Gasteiger partial charge in [-0.1, -0.05) is 13.8 Å². The first kappa shape index (κ1) is 21.7. The predicted octanol–water partition coefficient (Wildman–Crippen LogP) is 4.86. The van der Waals surface area contributed by atoms with Gasteiger partial charge in [0.1, 0.15) is 5.01 Å². The first-order chi connectivity index (χ1) is 14.9. The highest BCUT2D eigenvalue weighted by atomic mass is 32.1. The summed E-state index contributed by atoms with van der Waals surface area (Å²) in [7, 11) is 0. The average Bonchev–Trinajstić information content (AvgIpc) is 3.48. The Morgan fingerprint density at radius 2 is 2.19 bits per heavy atom. The molecular formula is C24H30N4O2S. The summed E-state index contributed by atoms with van der Waals surface area (Å²) in [5, 5.41) is 6.06. The largest absolute Gasteiger partial charge is 0.376 e. The van der Waals surface area contributed by atoms with E-state index >= 15 is 0 Å². The van der Waals surface area contributed by atoms with Gasteiger partial charge in [-0.3, -0.25) is 9.78 Å². The monoisotopic (exact) mass is 438 g/mol. The number of nitrogens with one attached hydrogen (secondary N) is 1. The molecule has 1 unspecified atom stereocenters. The molecule has 0 aliphatic carbocycles. The van der Waals surface area contributed by atoms with E-state index in [4.69, 9.17) is 9.72 Å².